The number of anilines is 1. The van der Waals surface area contributed by atoms with E-state index in [9.17, 15) is 18.0 Å². The second-order valence-corrected chi connectivity index (χ2v) is 10.1. The van der Waals surface area contributed by atoms with Gasteiger partial charge in [0.25, 0.3) is 0 Å². The highest BCUT2D eigenvalue weighted by Crippen LogP contribution is 2.27. The molecule has 1 atom stereocenters. The smallest absolute Gasteiger partial charge is 0.244 e. The van der Waals surface area contributed by atoms with Crippen LogP contribution in [0.3, 0.4) is 0 Å². The van der Waals surface area contributed by atoms with E-state index in [1.54, 1.807) is 43.3 Å². The molecule has 10 heteroatoms. The highest BCUT2D eigenvalue weighted by molar-refractivity contribution is 7.92. The lowest BCUT2D eigenvalue weighted by atomic mass is 10.1. The van der Waals surface area contributed by atoms with E-state index < -0.39 is 28.5 Å². The van der Waals surface area contributed by atoms with Gasteiger partial charge in [-0.3, -0.25) is 13.9 Å². The maximum absolute atomic E-state index is 13.5. The number of nitrogens with one attached hydrogen (secondary N) is 1. The molecule has 2 aromatic rings. The quantitative estimate of drug-likeness (QED) is 0.570. The molecule has 0 aliphatic rings. The van der Waals surface area contributed by atoms with Crippen molar-refractivity contribution in [1.29, 1.82) is 0 Å². The number of rotatable bonds is 9. The molecule has 1 N–H and O–H groups in total. The van der Waals surface area contributed by atoms with Crippen molar-refractivity contribution in [2.24, 2.45) is 0 Å². The lowest BCUT2D eigenvalue weighted by Crippen LogP contribution is -2.51. The first kappa shape index (κ1) is 26.0. The normalized spacial score (nSPS) is 12.2. The van der Waals surface area contributed by atoms with Crippen LogP contribution in [-0.2, 0) is 26.2 Å². The maximum atomic E-state index is 13.5. The van der Waals surface area contributed by atoms with Crippen LogP contribution >= 0.6 is 23.2 Å². The monoisotopic (exact) mass is 499 g/mol. The van der Waals surface area contributed by atoms with E-state index in [0.717, 1.165) is 16.1 Å². The first-order valence-electron chi connectivity index (χ1n) is 9.97. The van der Waals surface area contributed by atoms with Gasteiger partial charge >= 0.3 is 0 Å². The third-order valence-corrected chi connectivity index (χ3v) is 6.84. The lowest BCUT2D eigenvalue weighted by Gasteiger charge is -2.33. The Balaban J connectivity index is 2.49. The first-order chi connectivity index (χ1) is 15.0. The van der Waals surface area contributed by atoms with Crippen LogP contribution < -0.4 is 9.62 Å². The average molecular weight is 500 g/mol. The fourth-order valence-corrected chi connectivity index (χ4v) is 4.70. The Hall–Kier alpha value is -2.29. The number of halogens is 2. The molecule has 0 aliphatic heterocycles. The van der Waals surface area contributed by atoms with Gasteiger partial charge in [-0.25, -0.2) is 8.42 Å². The van der Waals surface area contributed by atoms with Crippen LogP contribution in [-0.4, -0.2) is 51.0 Å². The molecule has 0 aliphatic carbocycles. The summed E-state index contributed by atoms with van der Waals surface area (Å²) in [5, 5.41) is 3.25. The van der Waals surface area contributed by atoms with Gasteiger partial charge in [-0.1, -0.05) is 48.3 Å². The molecule has 0 radical (unpaired) electrons. The SMILES string of the molecule is CC[C@@H](C(=O)NC)N(Cc1c(Cl)cccc1Cl)C(=O)CN(c1cccc(C)c1)S(C)(=O)=O. The summed E-state index contributed by atoms with van der Waals surface area (Å²) in [6.07, 6.45) is 1.35. The second kappa shape index (κ2) is 11.0. The number of likely N-dealkylation sites (N-methyl/N-ethyl adjacent to an activating group) is 1. The molecular weight excluding hydrogens is 473 g/mol. The standard InChI is InChI=1S/C22H27Cl2N3O4S/c1-5-20(22(29)25-3)26(13-17-18(23)10-7-11-19(17)24)21(28)14-27(32(4,30)31)16-9-6-8-15(2)12-16/h6-12,20H,5,13-14H2,1-4H3,(H,25,29)/t20-/m0/s1. The first-order valence-corrected chi connectivity index (χ1v) is 12.6. The fraction of sp³-hybridized carbons (Fsp3) is 0.364. The van der Waals surface area contributed by atoms with E-state index in [4.69, 9.17) is 23.2 Å². The zero-order valence-electron chi connectivity index (χ0n) is 18.4. The number of hydrogen-bond acceptors (Lipinski definition) is 4. The summed E-state index contributed by atoms with van der Waals surface area (Å²) in [5.74, 6) is -0.922. The average Bonchev–Trinajstić information content (AvgIpc) is 2.72. The zero-order valence-corrected chi connectivity index (χ0v) is 20.8. The second-order valence-electron chi connectivity index (χ2n) is 7.37. The largest absolute Gasteiger partial charge is 0.357 e. The van der Waals surface area contributed by atoms with Crippen molar-refractivity contribution in [3.8, 4) is 0 Å². The highest BCUT2D eigenvalue weighted by atomic mass is 35.5. The van der Waals surface area contributed by atoms with E-state index in [0.29, 0.717) is 27.7 Å². The molecule has 0 aromatic heterocycles. The summed E-state index contributed by atoms with van der Waals surface area (Å²) in [6.45, 7) is 3.08. The fourth-order valence-electron chi connectivity index (χ4n) is 3.34. The Morgan fingerprint density at radius 2 is 1.69 bits per heavy atom. The van der Waals surface area contributed by atoms with E-state index in [1.165, 1.54) is 11.9 Å². The van der Waals surface area contributed by atoms with Gasteiger partial charge in [0.15, 0.2) is 0 Å². The van der Waals surface area contributed by atoms with Crippen LogP contribution in [0.1, 0.15) is 24.5 Å². The van der Waals surface area contributed by atoms with Gasteiger partial charge in [0.05, 0.1) is 11.9 Å². The molecular formula is C22H27Cl2N3O4S. The summed E-state index contributed by atoms with van der Waals surface area (Å²) in [7, 11) is -2.30. The number of hydrogen-bond donors (Lipinski definition) is 1. The van der Waals surface area contributed by atoms with Crippen molar-refractivity contribution in [2.75, 3.05) is 24.2 Å². The number of benzene rings is 2. The zero-order chi connectivity index (χ0) is 24.1. The topological polar surface area (TPSA) is 86.8 Å². The van der Waals surface area contributed by atoms with Gasteiger partial charge in [-0.15, -0.1) is 0 Å². The third-order valence-electron chi connectivity index (χ3n) is 4.99. The summed E-state index contributed by atoms with van der Waals surface area (Å²) in [4.78, 5) is 27.3. The number of nitrogens with zero attached hydrogens (tertiary/aromatic N) is 2. The van der Waals surface area contributed by atoms with Crippen LogP contribution in [0.2, 0.25) is 10.0 Å². The summed E-state index contributed by atoms with van der Waals surface area (Å²) in [5.41, 5.74) is 1.69. The molecule has 0 heterocycles. The van der Waals surface area contributed by atoms with Crippen molar-refractivity contribution >= 4 is 50.7 Å². The molecule has 2 aromatic carbocycles. The number of aryl methyl sites for hydroxylation is 1. The van der Waals surface area contributed by atoms with E-state index in [2.05, 4.69) is 5.32 Å². The molecule has 0 unspecified atom stereocenters. The van der Waals surface area contributed by atoms with Gasteiger partial charge in [0.1, 0.15) is 12.6 Å². The molecule has 2 amide bonds. The van der Waals surface area contributed by atoms with Crippen LogP contribution in [0.15, 0.2) is 42.5 Å². The van der Waals surface area contributed by atoms with Gasteiger partial charge < -0.3 is 10.2 Å². The van der Waals surface area contributed by atoms with Crippen LogP contribution in [0.4, 0.5) is 5.69 Å². The minimum Gasteiger partial charge on any atom is -0.357 e. The molecule has 174 valence electrons. The molecule has 0 fully saturated rings. The maximum Gasteiger partial charge on any atom is 0.244 e. The van der Waals surface area contributed by atoms with E-state index in [1.807, 2.05) is 13.0 Å². The van der Waals surface area contributed by atoms with Crippen LogP contribution in [0.5, 0.6) is 0 Å². The van der Waals surface area contributed by atoms with Gasteiger partial charge in [0.2, 0.25) is 21.8 Å². The Morgan fingerprint density at radius 3 is 2.19 bits per heavy atom. The third kappa shape index (κ3) is 6.37. The molecule has 0 saturated carbocycles. The predicted molar refractivity (Wildman–Crippen MR) is 129 cm³/mol. The summed E-state index contributed by atoms with van der Waals surface area (Å²) >= 11 is 12.6. The van der Waals surface area contributed by atoms with Gasteiger partial charge in [0, 0.05) is 29.2 Å². The van der Waals surface area contributed by atoms with Crippen LogP contribution in [0.25, 0.3) is 0 Å². The van der Waals surface area contributed by atoms with Crippen LogP contribution in [0, 0.1) is 6.92 Å². The van der Waals surface area contributed by atoms with Crippen molar-refractivity contribution in [1.82, 2.24) is 10.2 Å². The predicted octanol–water partition coefficient (Wildman–Crippen LogP) is 3.62. The van der Waals surface area contributed by atoms with Crippen molar-refractivity contribution in [3.63, 3.8) is 0 Å². The Kier molecular flexibility index (Phi) is 8.95. The lowest BCUT2D eigenvalue weighted by molar-refractivity contribution is -0.140. The Bertz CT molecular complexity index is 1070. The van der Waals surface area contributed by atoms with Crippen molar-refractivity contribution < 1.29 is 18.0 Å². The van der Waals surface area contributed by atoms with Crippen molar-refractivity contribution in [3.05, 3.63) is 63.6 Å². The van der Waals surface area contributed by atoms with Gasteiger partial charge in [-0.2, -0.15) is 0 Å². The summed E-state index contributed by atoms with van der Waals surface area (Å²) < 4.78 is 26.1. The molecule has 32 heavy (non-hydrogen) atoms. The van der Waals surface area contributed by atoms with Crippen molar-refractivity contribution in [2.45, 2.75) is 32.9 Å². The number of carbonyl (C=O) groups is 2. The number of sulfonamides is 1. The highest BCUT2D eigenvalue weighted by Gasteiger charge is 2.32. The Labute approximate surface area is 199 Å². The molecule has 7 nitrogen and oxygen atoms in total. The molecule has 0 saturated heterocycles. The van der Waals surface area contributed by atoms with Gasteiger partial charge in [-0.05, 0) is 43.2 Å². The minimum atomic E-state index is -3.78. The number of carbonyl (C=O) groups excluding carboxylic acids is 2. The number of amides is 2. The molecule has 0 bridgehead atoms. The summed E-state index contributed by atoms with van der Waals surface area (Å²) in [6, 6.07) is 11.0. The molecule has 0 spiro atoms. The Morgan fingerprint density at radius 1 is 1.09 bits per heavy atom. The van der Waals surface area contributed by atoms with E-state index in [-0.39, 0.29) is 12.5 Å². The minimum absolute atomic E-state index is 0.0469. The molecule has 2 rings (SSSR count). The van der Waals surface area contributed by atoms with E-state index >= 15 is 0 Å².